The minimum Gasteiger partial charge on any atom is -0.508 e. The van der Waals surface area contributed by atoms with Crippen molar-refractivity contribution in [2.24, 2.45) is 0 Å². The molecule has 12 heavy (non-hydrogen) atoms. The molecule has 0 spiro atoms. The maximum absolute atomic E-state index is 9.25. The number of fused-ring (bicyclic) bond motifs is 1. The van der Waals surface area contributed by atoms with E-state index in [0.717, 1.165) is 24.5 Å². The summed E-state index contributed by atoms with van der Waals surface area (Å²) in [5.74, 6) is 0.323. The van der Waals surface area contributed by atoms with Gasteiger partial charge >= 0.3 is 0 Å². The monoisotopic (exact) mass is 164 g/mol. The fraction of sp³-hybridized carbons (Fsp3) is 0.333. The molecule has 1 aromatic carbocycles. The Hall–Kier alpha value is -1.38. The van der Waals surface area contributed by atoms with Crippen molar-refractivity contribution in [3.8, 4) is 5.75 Å². The molecular weight excluding hydrogens is 152 g/mol. The minimum absolute atomic E-state index is 0.323. The molecule has 0 saturated heterocycles. The van der Waals surface area contributed by atoms with Crippen LogP contribution < -0.4 is 10.2 Å². The Morgan fingerprint density at radius 1 is 1.50 bits per heavy atom. The van der Waals surface area contributed by atoms with Crippen molar-refractivity contribution in [1.82, 2.24) is 0 Å². The number of phenols is 1. The summed E-state index contributed by atoms with van der Waals surface area (Å²) in [6.07, 6.45) is 0. The minimum atomic E-state index is 0.323. The van der Waals surface area contributed by atoms with Crippen LogP contribution >= 0.6 is 0 Å². The van der Waals surface area contributed by atoms with Crippen LogP contribution in [0.4, 0.5) is 11.4 Å². The van der Waals surface area contributed by atoms with Crippen LogP contribution in [0, 0.1) is 0 Å². The standard InChI is InChI=1S/C9H12N2O/c1-11-5-4-10-8-3-2-7(12)6-9(8)11/h2-3,6,10,12H,4-5H2,1H3. The molecule has 0 aromatic heterocycles. The lowest BCUT2D eigenvalue weighted by Crippen LogP contribution is -2.30. The number of phenolic OH excluding ortho intramolecular Hbond substituents is 1. The molecule has 3 heteroatoms. The van der Waals surface area contributed by atoms with Crippen LogP contribution in [0.3, 0.4) is 0 Å². The van der Waals surface area contributed by atoms with E-state index >= 15 is 0 Å². The maximum atomic E-state index is 9.25. The van der Waals surface area contributed by atoms with Crippen molar-refractivity contribution in [2.45, 2.75) is 0 Å². The Morgan fingerprint density at radius 3 is 3.17 bits per heavy atom. The van der Waals surface area contributed by atoms with Crippen molar-refractivity contribution >= 4 is 11.4 Å². The van der Waals surface area contributed by atoms with E-state index < -0.39 is 0 Å². The van der Waals surface area contributed by atoms with E-state index in [0.29, 0.717) is 5.75 Å². The van der Waals surface area contributed by atoms with Gasteiger partial charge in [0.15, 0.2) is 0 Å². The molecule has 2 rings (SSSR count). The largest absolute Gasteiger partial charge is 0.508 e. The summed E-state index contributed by atoms with van der Waals surface area (Å²) < 4.78 is 0. The highest BCUT2D eigenvalue weighted by Crippen LogP contribution is 2.30. The zero-order valence-electron chi connectivity index (χ0n) is 7.04. The van der Waals surface area contributed by atoms with Gasteiger partial charge in [-0.05, 0) is 12.1 Å². The summed E-state index contributed by atoms with van der Waals surface area (Å²) >= 11 is 0. The molecule has 0 bridgehead atoms. The lowest BCUT2D eigenvalue weighted by molar-refractivity contribution is 0.475. The number of hydrogen-bond donors (Lipinski definition) is 2. The Bertz CT molecular complexity index is 299. The van der Waals surface area contributed by atoms with Gasteiger partial charge in [-0.25, -0.2) is 0 Å². The first-order valence-electron chi connectivity index (χ1n) is 4.05. The van der Waals surface area contributed by atoms with Gasteiger partial charge in [0.2, 0.25) is 0 Å². The fourth-order valence-corrected chi connectivity index (χ4v) is 1.46. The number of hydrogen-bond acceptors (Lipinski definition) is 3. The summed E-state index contributed by atoms with van der Waals surface area (Å²) in [7, 11) is 2.03. The number of nitrogens with one attached hydrogen (secondary N) is 1. The van der Waals surface area contributed by atoms with Crippen LogP contribution in [-0.2, 0) is 0 Å². The predicted octanol–water partition coefficient (Wildman–Crippen LogP) is 1.25. The highest BCUT2D eigenvalue weighted by molar-refractivity contribution is 5.73. The van der Waals surface area contributed by atoms with E-state index in [9.17, 15) is 5.11 Å². The lowest BCUT2D eigenvalue weighted by atomic mass is 10.2. The molecular formula is C9H12N2O. The summed E-state index contributed by atoms with van der Waals surface area (Å²) in [6.45, 7) is 1.95. The molecule has 3 nitrogen and oxygen atoms in total. The fourth-order valence-electron chi connectivity index (χ4n) is 1.46. The van der Waals surface area contributed by atoms with Crippen LogP contribution in [0.15, 0.2) is 18.2 Å². The molecule has 1 aromatic rings. The van der Waals surface area contributed by atoms with Crippen molar-refractivity contribution in [3.05, 3.63) is 18.2 Å². The summed E-state index contributed by atoms with van der Waals surface area (Å²) in [6, 6.07) is 5.38. The van der Waals surface area contributed by atoms with E-state index in [2.05, 4.69) is 10.2 Å². The second kappa shape index (κ2) is 2.59. The van der Waals surface area contributed by atoms with Gasteiger partial charge in [-0.15, -0.1) is 0 Å². The average Bonchev–Trinajstić information content (AvgIpc) is 2.07. The Balaban J connectivity index is 2.47. The first-order chi connectivity index (χ1) is 5.77. The lowest BCUT2D eigenvalue weighted by Gasteiger charge is -2.28. The Morgan fingerprint density at radius 2 is 2.33 bits per heavy atom. The molecule has 64 valence electrons. The summed E-state index contributed by atoms with van der Waals surface area (Å²) in [5.41, 5.74) is 2.17. The Kier molecular flexibility index (Phi) is 1.57. The van der Waals surface area contributed by atoms with Crippen LogP contribution in [-0.4, -0.2) is 25.2 Å². The van der Waals surface area contributed by atoms with E-state index in [-0.39, 0.29) is 0 Å². The highest BCUT2D eigenvalue weighted by atomic mass is 16.3. The van der Waals surface area contributed by atoms with E-state index in [4.69, 9.17) is 0 Å². The zero-order valence-corrected chi connectivity index (χ0v) is 7.04. The third-order valence-electron chi connectivity index (χ3n) is 2.16. The van der Waals surface area contributed by atoms with Crippen molar-refractivity contribution < 1.29 is 5.11 Å². The number of rotatable bonds is 0. The molecule has 0 aliphatic carbocycles. The molecule has 1 aliphatic heterocycles. The first kappa shape index (κ1) is 7.28. The third kappa shape index (κ3) is 1.07. The first-order valence-corrected chi connectivity index (χ1v) is 4.05. The maximum Gasteiger partial charge on any atom is 0.117 e. The van der Waals surface area contributed by atoms with Crippen LogP contribution in [0.5, 0.6) is 5.75 Å². The summed E-state index contributed by atoms with van der Waals surface area (Å²) in [4.78, 5) is 2.13. The zero-order chi connectivity index (χ0) is 8.55. The molecule has 0 radical (unpaired) electrons. The van der Waals surface area contributed by atoms with Gasteiger partial charge in [-0.3, -0.25) is 0 Å². The van der Waals surface area contributed by atoms with Gasteiger partial charge in [0, 0.05) is 26.2 Å². The topological polar surface area (TPSA) is 35.5 Å². The highest BCUT2D eigenvalue weighted by Gasteiger charge is 2.12. The number of anilines is 2. The number of likely N-dealkylation sites (N-methyl/N-ethyl adjacent to an activating group) is 1. The third-order valence-corrected chi connectivity index (χ3v) is 2.16. The number of benzene rings is 1. The van der Waals surface area contributed by atoms with Gasteiger partial charge in [0.05, 0.1) is 11.4 Å². The molecule has 1 aliphatic rings. The van der Waals surface area contributed by atoms with E-state index in [1.165, 1.54) is 0 Å². The smallest absolute Gasteiger partial charge is 0.117 e. The normalized spacial score (nSPS) is 15.2. The van der Waals surface area contributed by atoms with Gasteiger partial charge in [0.1, 0.15) is 5.75 Å². The Labute approximate surface area is 71.6 Å². The quantitative estimate of drug-likeness (QED) is 0.566. The molecule has 2 N–H and O–H groups in total. The van der Waals surface area contributed by atoms with Crippen LogP contribution in [0.25, 0.3) is 0 Å². The van der Waals surface area contributed by atoms with Crippen LogP contribution in [0.1, 0.15) is 0 Å². The van der Waals surface area contributed by atoms with Crippen LogP contribution in [0.2, 0.25) is 0 Å². The SMILES string of the molecule is CN1CCNc2ccc(O)cc21. The van der Waals surface area contributed by atoms with Crippen molar-refractivity contribution in [2.75, 3.05) is 30.4 Å². The molecule has 0 unspecified atom stereocenters. The molecule has 0 fully saturated rings. The van der Waals surface area contributed by atoms with Gasteiger partial charge in [0.25, 0.3) is 0 Å². The molecule has 0 amide bonds. The molecule has 0 saturated carbocycles. The van der Waals surface area contributed by atoms with E-state index in [1.807, 2.05) is 13.1 Å². The molecule has 1 heterocycles. The average molecular weight is 164 g/mol. The second-order valence-electron chi connectivity index (χ2n) is 3.05. The predicted molar refractivity (Wildman–Crippen MR) is 49.9 cm³/mol. The van der Waals surface area contributed by atoms with Crippen molar-refractivity contribution in [3.63, 3.8) is 0 Å². The second-order valence-corrected chi connectivity index (χ2v) is 3.05. The van der Waals surface area contributed by atoms with Gasteiger partial charge in [-0.1, -0.05) is 0 Å². The number of nitrogens with zero attached hydrogens (tertiary/aromatic N) is 1. The molecule has 0 atom stereocenters. The van der Waals surface area contributed by atoms with Gasteiger partial charge < -0.3 is 15.3 Å². The van der Waals surface area contributed by atoms with Crippen molar-refractivity contribution in [1.29, 1.82) is 0 Å². The van der Waals surface area contributed by atoms with E-state index in [1.54, 1.807) is 12.1 Å². The van der Waals surface area contributed by atoms with Gasteiger partial charge in [-0.2, -0.15) is 0 Å². The summed E-state index contributed by atoms with van der Waals surface area (Å²) in [5, 5.41) is 12.5. The number of aromatic hydroxyl groups is 1.